The van der Waals surface area contributed by atoms with Crippen LogP contribution >= 0.6 is 0 Å². The van der Waals surface area contributed by atoms with E-state index < -0.39 is 0 Å². The molecule has 0 atom stereocenters. The maximum atomic E-state index is 11.0. The lowest BCUT2D eigenvalue weighted by atomic mass is 10.1. The summed E-state index contributed by atoms with van der Waals surface area (Å²) in [5.41, 5.74) is 4.54. The summed E-state index contributed by atoms with van der Waals surface area (Å²) in [7, 11) is 0. The van der Waals surface area contributed by atoms with Crippen LogP contribution in [0.1, 0.15) is 22.4 Å². The van der Waals surface area contributed by atoms with Crippen LogP contribution < -0.4 is 0 Å². The second kappa shape index (κ2) is 6.01. The van der Waals surface area contributed by atoms with Crippen molar-refractivity contribution in [1.29, 1.82) is 0 Å². The van der Waals surface area contributed by atoms with Gasteiger partial charge in [0.05, 0.1) is 16.1 Å². The predicted octanol–water partition coefficient (Wildman–Crippen LogP) is 4.93. The molecule has 0 saturated carbocycles. The number of hydrogen-bond acceptors (Lipinski definition) is 3. The van der Waals surface area contributed by atoms with Crippen LogP contribution in [0.3, 0.4) is 0 Å². The molecule has 0 aliphatic carbocycles. The summed E-state index contributed by atoms with van der Waals surface area (Å²) in [5, 5.41) is 12.1. The first-order valence-electron chi connectivity index (χ1n) is 7.33. The zero-order chi connectivity index (χ0) is 16.4. The second-order valence-electron chi connectivity index (χ2n) is 5.57. The Kier molecular flexibility index (Phi) is 3.89. The average Bonchev–Trinajstić information content (AvgIpc) is 2.53. The minimum atomic E-state index is -0.358. The zero-order valence-corrected chi connectivity index (χ0v) is 13.0. The summed E-state index contributed by atoms with van der Waals surface area (Å²) in [6, 6.07) is 15.3. The highest BCUT2D eigenvalue weighted by Crippen LogP contribution is 2.21. The Morgan fingerprint density at radius 3 is 2.61 bits per heavy atom. The van der Waals surface area contributed by atoms with Gasteiger partial charge in [-0.15, -0.1) is 0 Å². The van der Waals surface area contributed by atoms with Gasteiger partial charge in [0.25, 0.3) is 5.69 Å². The Labute approximate surface area is 134 Å². The maximum Gasteiger partial charge on any atom is 0.272 e. The first-order chi connectivity index (χ1) is 11.0. The van der Waals surface area contributed by atoms with Crippen LogP contribution in [0, 0.1) is 24.0 Å². The van der Waals surface area contributed by atoms with Crippen LogP contribution in [0.4, 0.5) is 5.69 Å². The van der Waals surface area contributed by atoms with Gasteiger partial charge in [-0.3, -0.25) is 10.1 Å². The molecule has 0 unspecified atom stereocenters. The third-order valence-corrected chi connectivity index (χ3v) is 3.74. The largest absolute Gasteiger partial charge is 0.272 e. The van der Waals surface area contributed by atoms with Crippen LogP contribution in [0.25, 0.3) is 23.1 Å². The van der Waals surface area contributed by atoms with Gasteiger partial charge in [0.2, 0.25) is 0 Å². The van der Waals surface area contributed by atoms with Gasteiger partial charge in [-0.2, -0.15) is 0 Å². The topological polar surface area (TPSA) is 56.0 Å². The summed E-state index contributed by atoms with van der Waals surface area (Å²) in [6.07, 6.45) is 3.71. The molecule has 3 rings (SSSR count). The maximum absolute atomic E-state index is 11.0. The molecule has 0 saturated heterocycles. The Balaban J connectivity index is 1.92. The number of nitro groups is 1. The third-order valence-electron chi connectivity index (χ3n) is 3.74. The number of benzene rings is 2. The lowest BCUT2D eigenvalue weighted by Crippen LogP contribution is -1.91. The summed E-state index contributed by atoms with van der Waals surface area (Å²) in [4.78, 5) is 15.2. The van der Waals surface area contributed by atoms with Gasteiger partial charge in [0, 0.05) is 17.0 Å². The van der Waals surface area contributed by atoms with Crippen molar-refractivity contribution in [2.24, 2.45) is 0 Å². The smallest absolute Gasteiger partial charge is 0.258 e. The summed E-state index contributed by atoms with van der Waals surface area (Å²) in [5.74, 6) is 0. The van der Waals surface area contributed by atoms with Crippen LogP contribution in [-0.2, 0) is 0 Å². The lowest BCUT2D eigenvalue weighted by molar-refractivity contribution is -0.385. The number of hydrogen-bond donors (Lipinski definition) is 0. The lowest BCUT2D eigenvalue weighted by Gasteiger charge is -2.01. The Morgan fingerprint density at radius 2 is 1.83 bits per heavy atom. The molecule has 4 nitrogen and oxygen atoms in total. The fourth-order valence-corrected chi connectivity index (χ4v) is 2.46. The van der Waals surface area contributed by atoms with Crippen LogP contribution in [0.5, 0.6) is 0 Å². The molecule has 3 aromatic rings. The number of fused-ring (bicyclic) bond motifs is 1. The molecule has 0 spiro atoms. The van der Waals surface area contributed by atoms with E-state index in [1.807, 2.05) is 42.5 Å². The number of aryl methyl sites for hydroxylation is 2. The van der Waals surface area contributed by atoms with Gasteiger partial charge < -0.3 is 0 Å². The van der Waals surface area contributed by atoms with Crippen molar-refractivity contribution in [3.63, 3.8) is 0 Å². The molecule has 0 aliphatic rings. The van der Waals surface area contributed by atoms with Crippen molar-refractivity contribution in [2.75, 3.05) is 0 Å². The van der Waals surface area contributed by atoms with Gasteiger partial charge in [-0.25, -0.2) is 4.98 Å². The van der Waals surface area contributed by atoms with Crippen LogP contribution in [0.2, 0.25) is 0 Å². The minimum Gasteiger partial charge on any atom is -0.258 e. The second-order valence-corrected chi connectivity index (χ2v) is 5.57. The van der Waals surface area contributed by atoms with E-state index in [4.69, 9.17) is 0 Å². The van der Waals surface area contributed by atoms with E-state index in [1.165, 1.54) is 5.56 Å². The molecule has 0 bridgehead atoms. The molecule has 1 aromatic heterocycles. The van der Waals surface area contributed by atoms with Crippen molar-refractivity contribution < 1.29 is 4.92 Å². The normalized spacial score (nSPS) is 11.2. The van der Waals surface area contributed by atoms with Crippen molar-refractivity contribution >= 4 is 28.7 Å². The van der Waals surface area contributed by atoms with Crippen molar-refractivity contribution in [1.82, 2.24) is 4.98 Å². The fraction of sp³-hybridized carbons (Fsp3) is 0.105. The SMILES string of the molecule is Cc1ccc2nc(/C=C/c3ccc(C)c([N+](=O)[O-])c3)ccc2c1. The van der Waals surface area contributed by atoms with E-state index in [0.29, 0.717) is 5.56 Å². The van der Waals surface area contributed by atoms with Gasteiger partial charge in [-0.1, -0.05) is 35.9 Å². The number of aromatic nitrogens is 1. The highest BCUT2D eigenvalue weighted by Gasteiger charge is 2.09. The number of pyridine rings is 1. The van der Waals surface area contributed by atoms with Gasteiger partial charge >= 0.3 is 0 Å². The van der Waals surface area contributed by atoms with E-state index in [9.17, 15) is 10.1 Å². The molecular weight excluding hydrogens is 288 g/mol. The highest BCUT2D eigenvalue weighted by molar-refractivity contribution is 5.81. The molecule has 4 heteroatoms. The molecule has 0 radical (unpaired) electrons. The molecule has 0 N–H and O–H groups in total. The van der Waals surface area contributed by atoms with Crippen molar-refractivity contribution in [2.45, 2.75) is 13.8 Å². The first-order valence-corrected chi connectivity index (χ1v) is 7.33. The molecular formula is C19H16N2O2. The van der Waals surface area contributed by atoms with E-state index in [0.717, 1.165) is 22.2 Å². The Bertz CT molecular complexity index is 930. The van der Waals surface area contributed by atoms with E-state index in [2.05, 4.69) is 18.0 Å². The van der Waals surface area contributed by atoms with Gasteiger partial charge in [0.15, 0.2) is 0 Å². The van der Waals surface area contributed by atoms with Crippen LogP contribution in [0.15, 0.2) is 48.5 Å². The third kappa shape index (κ3) is 3.26. The average molecular weight is 304 g/mol. The molecule has 114 valence electrons. The molecule has 1 heterocycles. The summed E-state index contributed by atoms with van der Waals surface area (Å²) < 4.78 is 0. The predicted molar refractivity (Wildman–Crippen MR) is 93.2 cm³/mol. The van der Waals surface area contributed by atoms with Gasteiger partial charge in [0.1, 0.15) is 0 Å². The Morgan fingerprint density at radius 1 is 1.00 bits per heavy atom. The number of nitro benzene ring substituents is 1. The molecule has 23 heavy (non-hydrogen) atoms. The van der Waals surface area contributed by atoms with E-state index in [-0.39, 0.29) is 10.6 Å². The van der Waals surface area contributed by atoms with Gasteiger partial charge in [-0.05, 0) is 43.7 Å². The highest BCUT2D eigenvalue weighted by atomic mass is 16.6. The fourth-order valence-electron chi connectivity index (χ4n) is 2.46. The molecule has 0 amide bonds. The first kappa shape index (κ1) is 14.9. The summed E-state index contributed by atoms with van der Waals surface area (Å²) in [6.45, 7) is 3.79. The van der Waals surface area contributed by atoms with Crippen LogP contribution in [-0.4, -0.2) is 9.91 Å². The zero-order valence-electron chi connectivity index (χ0n) is 13.0. The monoisotopic (exact) mass is 304 g/mol. The summed E-state index contributed by atoms with van der Waals surface area (Å²) >= 11 is 0. The Hall–Kier alpha value is -3.01. The van der Waals surface area contributed by atoms with E-state index in [1.54, 1.807) is 19.1 Å². The number of rotatable bonds is 3. The minimum absolute atomic E-state index is 0.133. The molecule has 0 aliphatic heterocycles. The van der Waals surface area contributed by atoms with Crippen molar-refractivity contribution in [3.05, 3.63) is 81.0 Å². The molecule has 0 fully saturated rings. The quantitative estimate of drug-likeness (QED) is 0.509. The standard InChI is InChI=1S/C19H16N2O2/c1-13-3-10-18-16(11-13)7-9-17(20-18)8-6-15-5-4-14(2)19(12-15)21(22)23/h3-12H,1-2H3/b8-6+. The number of nitrogens with zero attached hydrogens (tertiary/aromatic N) is 2. The molecule has 2 aromatic carbocycles. The van der Waals surface area contributed by atoms with E-state index >= 15 is 0 Å². The van der Waals surface area contributed by atoms with Crippen molar-refractivity contribution in [3.8, 4) is 0 Å².